The number of halogens is 5. The Morgan fingerprint density at radius 1 is 0.867 bits per heavy atom. The van der Waals surface area contributed by atoms with Crippen molar-refractivity contribution in [3.05, 3.63) is 35.9 Å². The van der Waals surface area contributed by atoms with Crippen LogP contribution in [0.25, 0.3) is 0 Å². The van der Waals surface area contributed by atoms with E-state index in [4.69, 9.17) is 28.5 Å². The van der Waals surface area contributed by atoms with Crippen LogP contribution in [0.15, 0.2) is 30.3 Å². The molecule has 90 valence electrons. The Balaban J connectivity index is -0.000000208. The van der Waals surface area contributed by atoms with E-state index in [2.05, 4.69) is 0 Å². The Morgan fingerprint density at radius 2 is 1.20 bits per heavy atom. The molecule has 1 rings (SSSR count). The van der Waals surface area contributed by atoms with Crippen LogP contribution < -0.4 is 0 Å². The monoisotopic (exact) mass is 234 g/mol. The molecular weight excluding hydrogens is 223 g/mol. The van der Waals surface area contributed by atoms with Crippen LogP contribution in [0.2, 0.25) is 0 Å². The van der Waals surface area contributed by atoms with Crippen molar-refractivity contribution in [3.8, 4) is 0 Å². The minimum absolute atomic E-state index is 0.500. The molecule has 0 aromatic heterocycles. The highest BCUT2D eigenvalue weighted by Gasteiger charge is 1.97. The highest BCUT2D eigenvalue weighted by molar-refractivity contribution is 5.15. The number of benzene rings is 1. The third-order valence-corrected chi connectivity index (χ3v) is 1.10. The molecule has 0 saturated carbocycles. The number of hydrogen-bond donors (Lipinski definition) is 2. The van der Waals surface area contributed by atoms with Crippen LogP contribution in [0.4, 0.5) is 22.7 Å². The third kappa shape index (κ3) is 12.8. The Hall–Kier alpha value is -1.21. The average Bonchev–Trinajstić information content (AvgIpc) is 2.38. The predicted octanol–water partition coefficient (Wildman–Crippen LogP) is 2.94. The summed E-state index contributed by atoms with van der Waals surface area (Å²) in [6.07, 6.45) is -1.34. The summed E-state index contributed by atoms with van der Waals surface area (Å²) >= 11 is 0. The summed E-state index contributed by atoms with van der Waals surface area (Å²) in [5.41, 5.74) is 0.525. The fourth-order valence-electron chi connectivity index (χ4n) is 0.625. The molecular formula is C8H11F5O2. The molecule has 0 aliphatic carbocycles. The largest absolute Gasteiger partial charge is 0.364 e. The molecule has 2 nitrogen and oxygen atoms in total. The number of hydrogen-bond acceptors (Lipinski definition) is 2. The average molecular weight is 234 g/mol. The molecule has 0 radical (unpaired) electrons. The maximum absolute atomic E-state index is 9.50. The van der Waals surface area contributed by atoms with Gasteiger partial charge in [-0.05, 0) is 0 Å². The maximum Gasteiger partial charge on any atom is 0.178 e. The molecule has 2 N–H and O–H groups in total. The van der Waals surface area contributed by atoms with E-state index < -0.39 is 6.29 Å². The zero-order chi connectivity index (χ0) is 12.7. The molecule has 0 spiro atoms. The van der Waals surface area contributed by atoms with E-state index in [0.717, 1.165) is 0 Å². The Labute approximate surface area is 83.3 Å². The van der Waals surface area contributed by atoms with E-state index in [1.54, 1.807) is 24.3 Å². The summed E-state index contributed by atoms with van der Waals surface area (Å²) in [7, 11) is 0.500. The van der Waals surface area contributed by atoms with E-state index >= 15 is 0 Å². The number of rotatable bonds is 1. The minimum atomic E-state index is -1.34. The molecule has 1 aromatic carbocycles. The quantitative estimate of drug-likeness (QED) is 0.579. The van der Waals surface area contributed by atoms with Crippen LogP contribution in [0.5, 0.6) is 0 Å². The number of aliphatic hydroxyl groups is 2. The van der Waals surface area contributed by atoms with E-state index in [-0.39, 0.29) is 0 Å². The lowest BCUT2D eigenvalue weighted by Gasteiger charge is -1.99. The van der Waals surface area contributed by atoms with Gasteiger partial charge in [-0.3, -0.25) is 4.39 Å². The lowest BCUT2D eigenvalue weighted by Crippen LogP contribution is -1.92. The van der Waals surface area contributed by atoms with Crippen molar-refractivity contribution in [3.63, 3.8) is 0 Å². The van der Waals surface area contributed by atoms with Gasteiger partial charge in [0.15, 0.2) is 6.29 Å². The third-order valence-electron chi connectivity index (χ3n) is 1.10. The molecule has 1 aromatic rings. The van der Waals surface area contributed by atoms with Crippen LogP contribution in [-0.4, -0.2) is 17.4 Å². The van der Waals surface area contributed by atoms with Crippen molar-refractivity contribution in [2.75, 3.05) is 7.18 Å². The Bertz CT molecular complexity index is 184. The lowest BCUT2D eigenvalue weighted by atomic mass is 10.2. The highest BCUT2D eigenvalue weighted by Crippen LogP contribution is 2.06. The predicted molar refractivity (Wildman–Crippen MR) is 45.1 cm³/mol. The summed E-state index contributed by atoms with van der Waals surface area (Å²) in [6, 6.07) is 8.66. The van der Waals surface area contributed by atoms with Crippen LogP contribution in [0, 0.1) is 0 Å². The van der Waals surface area contributed by atoms with E-state index in [0.29, 0.717) is 12.7 Å². The second-order valence-electron chi connectivity index (χ2n) is 1.78. The van der Waals surface area contributed by atoms with Gasteiger partial charge in [0.2, 0.25) is 0 Å². The summed E-state index contributed by atoms with van der Waals surface area (Å²) in [6.45, 7) is 0. The topological polar surface area (TPSA) is 40.5 Å². The van der Waals surface area contributed by atoms with Gasteiger partial charge in [-0.25, -0.2) is 0 Å². The van der Waals surface area contributed by atoms with E-state index in [1.165, 1.54) is 0 Å². The van der Waals surface area contributed by atoms with Gasteiger partial charge < -0.3 is 10.2 Å². The van der Waals surface area contributed by atoms with Crippen molar-refractivity contribution >= 4 is 0 Å². The minimum Gasteiger partial charge on any atom is -0.364 e. The lowest BCUT2D eigenvalue weighted by molar-refractivity contribution is -0.0424. The fraction of sp³-hybridized carbons (Fsp3) is 0.250. The zero-order valence-corrected chi connectivity index (χ0v) is 7.75. The summed E-state index contributed by atoms with van der Waals surface area (Å²) in [5, 5.41) is 17.2. The molecule has 15 heavy (non-hydrogen) atoms. The van der Waals surface area contributed by atoms with Gasteiger partial charge in [-0.2, -0.15) is 0 Å². The second kappa shape index (κ2) is 18.5. The van der Waals surface area contributed by atoms with Crippen molar-refractivity contribution in [2.24, 2.45) is 0 Å². The van der Waals surface area contributed by atoms with Gasteiger partial charge in [0.25, 0.3) is 0 Å². The smallest absolute Gasteiger partial charge is 0.178 e. The van der Waals surface area contributed by atoms with E-state index in [1.807, 2.05) is 6.07 Å². The van der Waals surface area contributed by atoms with Gasteiger partial charge >= 0.3 is 0 Å². The van der Waals surface area contributed by atoms with E-state index in [9.17, 15) is 4.39 Å². The van der Waals surface area contributed by atoms with Gasteiger partial charge in [-0.1, -0.05) is 30.3 Å². The van der Waals surface area contributed by atoms with Gasteiger partial charge in [0, 0.05) is 23.9 Å². The molecule has 0 amide bonds. The number of alkyl halides is 1. The van der Waals surface area contributed by atoms with Crippen LogP contribution >= 0.6 is 0 Å². The molecule has 0 unspecified atom stereocenters. The molecule has 0 saturated heterocycles. The van der Waals surface area contributed by atoms with Crippen molar-refractivity contribution in [2.45, 2.75) is 6.29 Å². The summed E-state index contributed by atoms with van der Waals surface area (Å²) in [5.74, 6) is 0. The van der Waals surface area contributed by atoms with Gasteiger partial charge in [0.1, 0.15) is 0 Å². The first-order valence-corrected chi connectivity index (χ1v) is 3.38. The first kappa shape index (κ1) is 19.4. The molecule has 0 bridgehead atoms. The molecule has 0 atom stereocenters. The van der Waals surface area contributed by atoms with Crippen molar-refractivity contribution in [1.82, 2.24) is 0 Å². The fourth-order valence-corrected chi connectivity index (χ4v) is 0.625. The first-order valence-electron chi connectivity index (χ1n) is 3.38. The SMILES string of the molecule is CF.FF.FF.OC(O)c1ccccc1. The molecule has 0 heterocycles. The maximum atomic E-state index is 9.50. The van der Waals surface area contributed by atoms with Crippen molar-refractivity contribution in [1.29, 1.82) is 0 Å². The molecule has 0 aliphatic rings. The standard InChI is InChI=1S/C7H8O2.CH3F.2F2/c8-7(9)6-4-2-1-3-5-6;3*1-2/h1-5,7-9H;1H3;;. The van der Waals surface area contributed by atoms with Crippen LogP contribution in [-0.2, 0) is 0 Å². The normalized spacial score (nSPS) is 7.27. The number of aliphatic hydroxyl groups excluding tert-OH is 1. The van der Waals surface area contributed by atoms with Crippen LogP contribution in [0.1, 0.15) is 11.9 Å². The molecule has 7 heteroatoms. The van der Waals surface area contributed by atoms with Crippen LogP contribution in [0.3, 0.4) is 0 Å². The van der Waals surface area contributed by atoms with Gasteiger partial charge in [0.05, 0.1) is 7.18 Å². The first-order chi connectivity index (χ1) is 7.30. The Kier molecular flexibility index (Phi) is 24.0. The highest BCUT2D eigenvalue weighted by atomic mass is 20.0. The summed E-state index contributed by atoms with van der Waals surface area (Å²) in [4.78, 5) is 0. The molecule has 0 fully saturated rings. The Morgan fingerprint density at radius 3 is 1.40 bits per heavy atom. The van der Waals surface area contributed by atoms with Gasteiger partial charge in [-0.15, -0.1) is 0 Å². The summed E-state index contributed by atoms with van der Waals surface area (Å²) < 4.78 is 41.5. The molecule has 0 aliphatic heterocycles. The van der Waals surface area contributed by atoms with Crippen molar-refractivity contribution < 1.29 is 32.9 Å². The zero-order valence-electron chi connectivity index (χ0n) is 7.75. The second-order valence-corrected chi connectivity index (χ2v) is 1.78.